The molecule has 0 bridgehead atoms. The van der Waals surface area contributed by atoms with Crippen molar-refractivity contribution in [2.24, 2.45) is 0 Å². The van der Waals surface area contributed by atoms with E-state index in [0.717, 1.165) is 19.8 Å². The zero-order valence-corrected chi connectivity index (χ0v) is 11.5. The van der Waals surface area contributed by atoms with Gasteiger partial charge in [-0.3, -0.25) is 0 Å². The summed E-state index contributed by atoms with van der Waals surface area (Å²) in [5.41, 5.74) is 2.42. The zero-order valence-electron chi connectivity index (χ0n) is 9.06. The van der Waals surface area contributed by atoms with E-state index in [2.05, 4.69) is 37.3 Å². The molecule has 0 unspecified atom stereocenters. The molecule has 1 aliphatic heterocycles. The van der Waals surface area contributed by atoms with Crippen LogP contribution in [-0.2, 0) is 0 Å². The van der Waals surface area contributed by atoms with Gasteiger partial charge in [-0.1, -0.05) is 66.0 Å². The van der Waals surface area contributed by atoms with E-state index in [1.54, 1.807) is 11.8 Å². The van der Waals surface area contributed by atoms with Crippen LogP contribution in [0.15, 0.2) is 29.2 Å². The van der Waals surface area contributed by atoms with Gasteiger partial charge in [-0.2, -0.15) is 0 Å². The summed E-state index contributed by atoms with van der Waals surface area (Å²) in [7, 11) is 1.91. The second-order valence-electron chi connectivity index (χ2n) is 3.65. The molecule has 4 heteroatoms. The van der Waals surface area contributed by atoms with Gasteiger partial charge >= 0.3 is 0 Å². The first-order valence-corrected chi connectivity index (χ1v) is 6.49. The summed E-state index contributed by atoms with van der Waals surface area (Å²) in [6, 6.07) is 8.37. The highest BCUT2D eigenvalue weighted by Crippen LogP contribution is 2.32. The van der Waals surface area contributed by atoms with Crippen LogP contribution in [0.5, 0.6) is 0 Å². The van der Waals surface area contributed by atoms with Gasteiger partial charge in [0.1, 0.15) is 9.31 Å². The second kappa shape index (κ2) is 4.65. The molecule has 0 atom stereocenters. The molecule has 0 amide bonds. The normalized spacial score (nSPS) is 18.6. The highest BCUT2D eigenvalue weighted by molar-refractivity contribution is 8.27. The quantitative estimate of drug-likeness (QED) is 0.563. The summed E-state index contributed by atoms with van der Waals surface area (Å²) in [6.45, 7) is 2.08. The van der Waals surface area contributed by atoms with Crippen molar-refractivity contribution in [1.82, 2.24) is 4.90 Å². The summed E-state index contributed by atoms with van der Waals surface area (Å²) in [4.78, 5) is 3.75. The Hall–Kier alpha value is -0.710. The number of benzene rings is 1. The molecule has 2 rings (SSSR count). The number of thiocarbonyl (C=S) groups is 2. The van der Waals surface area contributed by atoms with Crippen molar-refractivity contribution in [3.63, 3.8) is 0 Å². The molecule has 1 aromatic carbocycles. The Labute approximate surface area is 111 Å². The Morgan fingerprint density at radius 2 is 1.81 bits per heavy atom. The highest BCUT2D eigenvalue weighted by atomic mass is 32.2. The molecule has 0 N–H and O–H groups in total. The van der Waals surface area contributed by atoms with Gasteiger partial charge in [0.2, 0.25) is 0 Å². The third-order valence-corrected chi connectivity index (χ3v) is 4.49. The first kappa shape index (κ1) is 11.8. The lowest BCUT2D eigenvalue weighted by Crippen LogP contribution is -2.20. The topological polar surface area (TPSA) is 3.24 Å². The minimum Gasteiger partial charge on any atom is -0.320 e. The third kappa shape index (κ3) is 2.34. The van der Waals surface area contributed by atoms with Crippen LogP contribution in [0.1, 0.15) is 11.1 Å². The molecule has 1 heterocycles. The van der Waals surface area contributed by atoms with Gasteiger partial charge in [-0.25, -0.2) is 0 Å². The molecule has 82 valence electrons. The van der Waals surface area contributed by atoms with E-state index in [1.807, 2.05) is 11.9 Å². The average Bonchev–Trinajstić information content (AvgIpc) is 2.50. The monoisotopic (exact) mass is 265 g/mol. The molecule has 1 nitrogen and oxygen atoms in total. The summed E-state index contributed by atoms with van der Waals surface area (Å²) >= 11 is 12.1. The van der Waals surface area contributed by atoms with Crippen LogP contribution < -0.4 is 0 Å². The number of thioether (sulfide) groups is 1. The first-order valence-electron chi connectivity index (χ1n) is 4.86. The smallest absolute Gasteiger partial charge is 0.146 e. The van der Waals surface area contributed by atoms with E-state index in [0.29, 0.717) is 0 Å². The van der Waals surface area contributed by atoms with Crippen molar-refractivity contribution in [2.75, 3.05) is 7.05 Å². The van der Waals surface area contributed by atoms with Crippen molar-refractivity contribution in [2.45, 2.75) is 6.92 Å². The largest absolute Gasteiger partial charge is 0.320 e. The lowest BCUT2D eigenvalue weighted by molar-refractivity contribution is 0.811. The fraction of sp³-hybridized carbons (Fsp3) is 0.167. The van der Waals surface area contributed by atoms with Crippen LogP contribution >= 0.6 is 36.2 Å². The lowest BCUT2D eigenvalue weighted by atomic mass is 10.1. The van der Waals surface area contributed by atoms with Crippen LogP contribution in [0.25, 0.3) is 6.08 Å². The van der Waals surface area contributed by atoms with Crippen LogP contribution in [0.3, 0.4) is 0 Å². The van der Waals surface area contributed by atoms with Crippen LogP contribution in [0, 0.1) is 6.92 Å². The average molecular weight is 265 g/mol. The molecule has 0 saturated carbocycles. The summed E-state index contributed by atoms with van der Waals surface area (Å²) < 4.78 is 0.823. The van der Waals surface area contributed by atoms with Crippen LogP contribution in [0.4, 0.5) is 0 Å². The molecule has 1 aliphatic rings. The minimum absolute atomic E-state index is 0.815. The minimum atomic E-state index is 0.815. The number of aryl methyl sites for hydroxylation is 1. The molecule has 1 aromatic rings. The number of hydrogen-bond acceptors (Lipinski definition) is 3. The Balaban J connectivity index is 2.29. The maximum Gasteiger partial charge on any atom is 0.146 e. The highest BCUT2D eigenvalue weighted by Gasteiger charge is 2.24. The van der Waals surface area contributed by atoms with Gasteiger partial charge in [0.05, 0.1) is 4.91 Å². The molecule has 0 aromatic heterocycles. The van der Waals surface area contributed by atoms with Gasteiger partial charge in [-0.15, -0.1) is 0 Å². The molecule has 1 fully saturated rings. The summed E-state index contributed by atoms with van der Waals surface area (Å²) in [6.07, 6.45) is 2.09. The van der Waals surface area contributed by atoms with Gasteiger partial charge < -0.3 is 4.90 Å². The van der Waals surface area contributed by atoms with E-state index in [-0.39, 0.29) is 0 Å². The maximum absolute atomic E-state index is 5.31. The SMILES string of the molecule is Cc1ccc(/C=C2\SC(=S)N(C)C2=S)cc1. The van der Waals surface area contributed by atoms with Crippen molar-refractivity contribution < 1.29 is 0 Å². The summed E-state index contributed by atoms with van der Waals surface area (Å²) in [5.74, 6) is 0. The molecule has 1 saturated heterocycles. The van der Waals surface area contributed by atoms with E-state index in [1.165, 1.54) is 5.56 Å². The van der Waals surface area contributed by atoms with Crippen molar-refractivity contribution in [1.29, 1.82) is 0 Å². The molecule has 16 heavy (non-hydrogen) atoms. The van der Waals surface area contributed by atoms with Crippen molar-refractivity contribution >= 4 is 51.6 Å². The molecule has 0 aliphatic carbocycles. The van der Waals surface area contributed by atoms with Crippen molar-refractivity contribution in [3.05, 3.63) is 40.3 Å². The Bertz CT molecular complexity index is 474. The van der Waals surface area contributed by atoms with Crippen LogP contribution in [-0.4, -0.2) is 21.3 Å². The third-order valence-electron chi connectivity index (χ3n) is 2.36. The second-order valence-corrected chi connectivity index (χ2v) is 5.71. The number of hydrogen-bond donors (Lipinski definition) is 0. The predicted molar refractivity (Wildman–Crippen MR) is 79.7 cm³/mol. The zero-order chi connectivity index (χ0) is 11.7. The molecule has 0 spiro atoms. The van der Waals surface area contributed by atoms with Gasteiger partial charge in [0.25, 0.3) is 0 Å². The van der Waals surface area contributed by atoms with Gasteiger partial charge in [-0.05, 0) is 18.6 Å². The fourth-order valence-electron chi connectivity index (χ4n) is 1.36. The Morgan fingerprint density at radius 1 is 1.19 bits per heavy atom. The van der Waals surface area contributed by atoms with Gasteiger partial charge in [0.15, 0.2) is 0 Å². The van der Waals surface area contributed by atoms with E-state index >= 15 is 0 Å². The first-order chi connectivity index (χ1) is 7.58. The number of nitrogens with zero attached hydrogens (tertiary/aromatic N) is 1. The van der Waals surface area contributed by atoms with Crippen molar-refractivity contribution in [3.8, 4) is 0 Å². The van der Waals surface area contributed by atoms with E-state index < -0.39 is 0 Å². The number of likely N-dealkylation sites (N-methyl/N-ethyl adjacent to an activating group) is 1. The van der Waals surface area contributed by atoms with E-state index in [9.17, 15) is 0 Å². The Morgan fingerprint density at radius 3 is 2.31 bits per heavy atom. The maximum atomic E-state index is 5.31. The lowest BCUT2D eigenvalue weighted by Gasteiger charge is -2.06. The molecular weight excluding hydrogens is 254 g/mol. The fourth-order valence-corrected chi connectivity index (χ4v) is 2.95. The Kier molecular flexibility index (Phi) is 3.42. The van der Waals surface area contributed by atoms with Gasteiger partial charge in [0, 0.05) is 7.05 Å². The molecular formula is C12H11NS3. The van der Waals surface area contributed by atoms with Crippen LogP contribution in [0.2, 0.25) is 0 Å². The van der Waals surface area contributed by atoms with E-state index in [4.69, 9.17) is 24.4 Å². The number of rotatable bonds is 1. The predicted octanol–water partition coefficient (Wildman–Crippen LogP) is 3.63. The standard InChI is InChI=1S/C12H11NS3/c1-8-3-5-9(6-4-8)7-10-11(14)13(2)12(15)16-10/h3-7H,1-2H3/b10-7-. The summed E-state index contributed by atoms with van der Waals surface area (Å²) in [5, 5.41) is 0. The molecule has 0 radical (unpaired) electrons.